The Balaban J connectivity index is 1.93. The van der Waals surface area contributed by atoms with Gasteiger partial charge in [0.2, 0.25) is 0 Å². The molecule has 0 bridgehead atoms. The minimum atomic E-state index is -1.15. The number of aliphatic hydroxyl groups excluding tert-OH is 2. The van der Waals surface area contributed by atoms with E-state index in [1.165, 1.54) is 0 Å². The molecule has 0 aromatic rings. The number of aliphatic hydroxyl groups is 2. The SMILES string of the molecule is O=C(O)C1CCC(OC(O)C2CCCCC2O)CC1C(=O)O. The van der Waals surface area contributed by atoms with E-state index in [1.54, 1.807) is 0 Å². The summed E-state index contributed by atoms with van der Waals surface area (Å²) in [5.41, 5.74) is 0. The molecule has 0 aliphatic heterocycles. The van der Waals surface area contributed by atoms with Gasteiger partial charge in [-0.1, -0.05) is 12.8 Å². The number of ether oxygens (including phenoxy) is 1. The van der Waals surface area contributed by atoms with Crippen LogP contribution in [-0.4, -0.2) is 50.9 Å². The van der Waals surface area contributed by atoms with Crippen LogP contribution in [0.25, 0.3) is 0 Å². The van der Waals surface area contributed by atoms with E-state index < -0.39 is 42.3 Å². The van der Waals surface area contributed by atoms with E-state index >= 15 is 0 Å². The van der Waals surface area contributed by atoms with Gasteiger partial charge in [0.15, 0.2) is 6.29 Å². The lowest BCUT2D eigenvalue weighted by atomic mass is 9.77. The highest BCUT2D eigenvalue weighted by Crippen LogP contribution is 2.35. The predicted octanol–water partition coefficient (Wildman–Crippen LogP) is 0.827. The number of hydrogen-bond acceptors (Lipinski definition) is 5. The highest BCUT2D eigenvalue weighted by Gasteiger charge is 2.41. The van der Waals surface area contributed by atoms with Crippen molar-refractivity contribution < 1.29 is 34.8 Å². The molecule has 2 rings (SSSR count). The zero-order valence-electron chi connectivity index (χ0n) is 12.4. The third-order valence-electron chi connectivity index (χ3n) is 4.92. The van der Waals surface area contributed by atoms with Crippen LogP contribution in [0.1, 0.15) is 44.9 Å². The van der Waals surface area contributed by atoms with Crippen LogP contribution in [0.2, 0.25) is 0 Å². The van der Waals surface area contributed by atoms with E-state index in [-0.39, 0.29) is 18.8 Å². The van der Waals surface area contributed by atoms with Crippen LogP contribution in [0.4, 0.5) is 0 Å². The van der Waals surface area contributed by atoms with Gasteiger partial charge in [0.25, 0.3) is 0 Å². The minimum absolute atomic E-state index is 0.0756. The van der Waals surface area contributed by atoms with Crippen molar-refractivity contribution in [3.63, 3.8) is 0 Å². The van der Waals surface area contributed by atoms with E-state index in [2.05, 4.69) is 0 Å². The highest BCUT2D eigenvalue weighted by atomic mass is 16.6. The molecule has 0 spiro atoms. The first kappa shape index (κ1) is 17.2. The van der Waals surface area contributed by atoms with Crippen LogP contribution in [0.5, 0.6) is 0 Å². The van der Waals surface area contributed by atoms with Crippen LogP contribution in [0.3, 0.4) is 0 Å². The monoisotopic (exact) mass is 316 g/mol. The number of carboxylic acid groups (broad SMARTS) is 2. The molecule has 7 nitrogen and oxygen atoms in total. The van der Waals surface area contributed by atoms with Crippen LogP contribution in [-0.2, 0) is 14.3 Å². The second-order valence-corrected chi connectivity index (χ2v) is 6.37. The Morgan fingerprint density at radius 2 is 1.59 bits per heavy atom. The molecule has 6 atom stereocenters. The first-order valence-corrected chi connectivity index (χ1v) is 7.87. The van der Waals surface area contributed by atoms with Crippen molar-refractivity contribution in [2.75, 3.05) is 0 Å². The quantitative estimate of drug-likeness (QED) is 0.554. The predicted molar refractivity (Wildman–Crippen MR) is 74.9 cm³/mol. The van der Waals surface area contributed by atoms with Crippen molar-refractivity contribution in [3.05, 3.63) is 0 Å². The molecule has 0 amide bonds. The second kappa shape index (κ2) is 7.39. The van der Waals surface area contributed by atoms with E-state index in [4.69, 9.17) is 9.84 Å². The topological polar surface area (TPSA) is 124 Å². The van der Waals surface area contributed by atoms with Gasteiger partial charge in [-0.3, -0.25) is 9.59 Å². The van der Waals surface area contributed by atoms with E-state index in [0.717, 1.165) is 12.8 Å². The highest BCUT2D eigenvalue weighted by molar-refractivity contribution is 5.80. The summed E-state index contributed by atoms with van der Waals surface area (Å²) < 4.78 is 5.55. The fourth-order valence-electron chi connectivity index (χ4n) is 3.59. The zero-order chi connectivity index (χ0) is 16.3. The number of hydrogen-bond donors (Lipinski definition) is 4. The Hall–Kier alpha value is -1.18. The molecule has 0 heterocycles. The van der Waals surface area contributed by atoms with Crippen LogP contribution >= 0.6 is 0 Å². The minimum Gasteiger partial charge on any atom is -0.481 e. The van der Waals surface area contributed by atoms with Crippen molar-refractivity contribution in [3.8, 4) is 0 Å². The molecule has 7 heteroatoms. The van der Waals surface area contributed by atoms with Gasteiger partial charge in [0, 0.05) is 5.92 Å². The summed E-state index contributed by atoms with van der Waals surface area (Å²) in [6.07, 6.45) is 1.64. The van der Waals surface area contributed by atoms with Gasteiger partial charge >= 0.3 is 11.9 Å². The molecule has 2 fully saturated rings. The maximum absolute atomic E-state index is 11.2. The van der Waals surface area contributed by atoms with Crippen molar-refractivity contribution >= 4 is 11.9 Å². The van der Waals surface area contributed by atoms with Crippen LogP contribution < -0.4 is 0 Å². The lowest BCUT2D eigenvalue weighted by Crippen LogP contribution is -2.42. The number of carbonyl (C=O) groups is 2. The smallest absolute Gasteiger partial charge is 0.307 e. The molecule has 0 aromatic heterocycles. The van der Waals surface area contributed by atoms with Gasteiger partial charge in [0.1, 0.15) is 0 Å². The van der Waals surface area contributed by atoms with Gasteiger partial charge < -0.3 is 25.2 Å². The Labute approximate surface area is 128 Å². The Bertz CT molecular complexity index is 411. The third kappa shape index (κ3) is 3.97. The lowest BCUT2D eigenvalue weighted by molar-refractivity contribution is -0.203. The van der Waals surface area contributed by atoms with Gasteiger partial charge in [-0.15, -0.1) is 0 Å². The van der Waals surface area contributed by atoms with Crippen molar-refractivity contribution in [1.82, 2.24) is 0 Å². The molecule has 126 valence electrons. The molecule has 4 N–H and O–H groups in total. The summed E-state index contributed by atoms with van der Waals surface area (Å²) in [7, 11) is 0. The van der Waals surface area contributed by atoms with Gasteiger partial charge in [-0.25, -0.2) is 0 Å². The first-order valence-electron chi connectivity index (χ1n) is 7.87. The van der Waals surface area contributed by atoms with Crippen molar-refractivity contribution in [2.24, 2.45) is 17.8 Å². The van der Waals surface area contributed by atoms with Crippen molar-refractivity contribution in [2.45, 2.75) is 63.4 Å². The number of carboxylic acids is 2. The molecule has 2 saturated carbocycles. The number of rotatable bonds is 5. The molecular weight excluding hydrogens is 292 g/mol. The fraction of sp³-hybridized carbons (Fsp3) is 0.867. The van der Waals surface area contributed by atoms with E-state index in [1.807, 2.05) is 0 Å². The molecular formula is C15H24O7. The van der Waals surface area contributed by atoms with Gasteiger partial charge in [-0.05, 0) is 32.1 Å². The Morgan fingerprint density at radius 3 is 2.18 bits per heavy atom. The lowest BCUT2D eigenvalue weighted by Gasteiger charge is -2.36. The standard InChI is InChI=1S/C15H24O7/c16-12-4-2-1-3-10(12)15(21)22-8-5-6-9(13(17)18)11(7-8)14(19)20/h8-12,15-16,21H,1-7H2,(H,17,18)(H,19,20). The van der Waals surface area contributed by atoms with Crippen molar-refractivity contribution in [1.29, 1.82) is 0 Å². The molecule has 6 unspecified atom stereocenters. The summed E-state index contributed by atoms with van der Waals surface area (Å²) >= 11 is 0. The van der Waals surface area contributed by atoms with Gasteiger partial charge in [-0.2, -0.15) is 0 Å². The number of aliphatic carboxylic acids is 2. The maximum atomic E-state index is 11.2. The van der Waals surface area contributed by atoms with E-state index in [9.17, 15) is 24.9 Å². The Morgan fingerprint density at radius 1 is 0.955 bits per heavy atom. The fourth-order valence-corrected chi connectivity index (χ4v) is 3.59. The second-order valence-electron chi connectivity index (χ2n) is 6.37. The van der Waals surface area contributed by atoms with Crippen LogP contribution in [0.15, 0.2) is 0 Å². The molecule has 2 aliphatic rings. The normalized spacial score (nSPS) is 37.5. The molecule has 2 aliphatic carbocycles. The molecule has 0 saturated heterocycles. The maximum Gasteiger partial charge on any atom is 0.307 e. The first-order chi connectivity index (χ1) is 10.4. The molecule has 0 radical (unpaired) electrons. The summed E-state index contributed by atoms with van der Waals surface area (Å²) in [6, 6.07) is 0. The largest absolute Gasteiger partial charge is 0.481 e. The van der Waals surface area contributed by atoms with E-state index in [0.29, 0.717) is 19.3 Å². The zero-order valence-corrected chi connectivity index (χ0v) is 12.4. The molecule has 0 aromatic carbocycles. The van der Waals surface area contributed by atoms with Gasteiger partial charge in [0.05, 0.1) is 24.0 Å². The third-order valence-corrected chi connectivity index (χ3v) is 4.92. The average Bonchev–Trinajstić information content (AvgIpc) is 2.47. The van der Waals surface area contributed by atoms with Crippen LogP contribution in [0, 0.1) is 17.8 Å². The summed E-state index contributed by atoms with van der Waals surface area (Å²) in [6.45, 7) is 0. The molecule has 22 heavy (non-hydrogen) atoms. The Kier molecular flexibility index (Phi) is 5.77. The summed E-state index contributed by atoms with van der Waals surface area (Å²) in [4.78, 5) is 22.3. The summed E-state index contributed by atoms with van der Waals surface area (Å²) in [5.74, 6) is -4.51. The average molecular weight is 316 g/mol. The summed E-state index contributed by atoms with van der Waals surface area (Å²) in [5, 5.41) is 38.3.